The fraction of sp³-hybridized carbons (Fsp3) is 0.133. The molecule has 1 N–H and O–H groups in total. The molecule has 0 aliphatic carbocycles. The summed E-state index contributed by atoms with van der Waals surface area (Å²) >= 11 is 1.23. The number of carboxylic acids is 1. The fourth-order valence-corrected chi connectivity index (χ4v) is 2.98. The van der Waals surface area contributed by atoms with E-state index < -0.39 is 10.9 Å². The summed E-state index contributed by atoms with van der Waals surface area (Å²) in [5.41, 5.74) is 1.98. The number of carboxylic acid groups (broad SMARTS) is 1. The van der Waals surface area contributed by atoms with Gasteiger partial charge < -0.3 is 5.11 Å². The predicted octanol–water partition coefficient (Wildman–Crippen LogP) is 4.06. The van der Waals surface area contributed by atoms with Gasteiger partial charge in [0, 0.05) is 21.9 Å². The minimum atomic E-state index is -1.10. The standard InChI is InChI=1S/C15H13NO4S/c1-9-3-4-10(2)13(7-9)21-14-8-11(16(19)20)5-6-12(14)15(17)18/h3-8H,1-2H3,(H,17,18). The number of rotatable bonds is 4. The average molecular weight is 303 g/mol. The van der Waals surface area contributed by atoms with Crippen molar-refractivity contribution in [3.8, 4) is 0 Å². The molecule has 0 radical (unpaired) electrons. The molecule has 21 heavy (non-hydrogen) atoms. The number of nitro benzene ring substituents is 1. The first kappa shape index (κ1) is 15.1. The molecular formula is C15H13NO4S. The summed E-state index contributed by atoms with van der Waals surface area (Å²) in [5.74, 6) is -1.10. The van der Waals surface area contributed by atoms with Gasteiger partial charge in [0.2, 0.25) is 0 Å². The van der Waals surface area contributed by atoms with Crippen LogP contribution >= 0.6 is 11.8 Å². The molecule has 0 amide bonds. The summed E-state index contributed by atoms with van der Waals surface area (Å²) in [6, 6.07) is 9.62. The van der Waals surface area contributed by atoms with Crippen LogP contribution in [0.25, 0.3) is 0 Å². The fourth-order valence-electron chi connectivity index (χ4n) is 1.82. The second-order valence-electron chi connectivity index (χ2n) is 4.61. The van der Waals surface area contributed by atoms with Crippen LogP contribution in [0.2, 0.25) is 0 Å². The minimum absolute atomic E-state index is 0.0616. The molecule has 5 nitrogen and oxygen atoms in total. The van der Waals surface area contributed by atoms with E-state index in [4.69, 9.17) is 0 Å². The van der Waals surface area contributed by atoms with Crippen molar-refractivity contribution in [3.63, 3.8) is 0 Å². The maximum absolute atomic E-state index is 11.3. The van der Waals surface area contributed by atoms with Gasteiger partial charge in [0.1, 0.15) is 0 Å². The number of nitro groups is 1. The molecule has 0 fully saturated rings. The molecule has 0 aromatic heterocycles. The summed E-state index contributed by atoms with van der Waals surface area (Å²) < 4.78 is 0. The van der Waals surface area contributed by atoms with E-state index >= 15 is 0 Å². The quantitative estimate of drug-likeness (QED) is 0.680. The summed E-state index contributed by atoms with van der Waals surface area (Å²) in [6.07, 6.45) is 0. The molecule has 0 atom stereocenters. The van der Waals surface area contributed by atoms with Crippen molar-refractivity contribution in [1.82, 2.24) is 0 Å². The number of hydrogen-bond acceptors (Lipinski definition) is 4. The molecule has 0 saturated carbocycles. The predicted molar refractivity (Wildman–Crippen MR) is 80.1 cm³/mol. The number of benzene rings is 2. The van der Waals surface area contributed by atoms with Gasteiger partial charge in [-0.15, -0.1) is 0 Å². The van der Waals surface area contributed by atoms with Crippen molar-refractivity contribution < 1.29 is 14.8 Å². The van der Waals surface area contributed by atoms with E-state index in [0.717, 1.165) is 16.0 Å². The van der Waals surface area contributed by atoms with E-state index in [1.807, 2.05) is 32.0 Å². The van der Waals surface area contributed by atoms with E-state index in [9.17, 15) is 20.0 Å². The molecule has 108 valence electrons. The first-order valence-electron chi connectivity index (χ1n) is 6.15. The van der Waals surface area contributed by atoms with Crippen LogP contribution in [0.4, 0.5) is 5.69 Å². The van der Waals surface area contributed by atoms with Gasteiger partial charge in [0.25, 0.3) is 5.69 Å². The number of aryl methyl sites for hydroxylation is 2. The molecule has 0 aliphatic rings. The maximum Gasteiger partial charge on any atom is 0.336 e. The first-order chi connectivity index (χ1) is 9.88. The second kappa shape index (κ2) is 5.97. The lowest BCUT2D eigenvalue weighted by atomic mass is 10.2. The van der Waals surface area contributed by atoms with E-state index in [0.29, 0.717) is 4.90 Å². The molecule has 2 aromatic rings. The number of carbonyl (C=O) groups is 1. The molecule has 6 heteroatoms. The summed E-state index contributed by atoms with van der Waals surface area (Å²) in [5, 5.41) is 20.1. The Bertz CT molecular complexity index is 728. The molecule has 0 bridgehead atoms. The smallest absolute Gasteiger partial charge is 0.336 e. The zero-order chi connectivity index (χ0) is 15.6. The molecule has 0 saturated heterocycles. The number of aromatic carboxylic acids is 1. The van der Waals surface area contributed by atoms with Crippen molar-refractivity contribution in [3.05, 3.63) is 63.2 Å². The van der Waals surface area contributed by atoms with E-state index in [-0.39, 0.29) is 11.3 Å². The van der Waals surface area contributed by atoms with Crippen molar-refractivity contribution in [2.45, 2.75) is 23.6 Å². The average Bonchev–Trinajstić information content (AvgIpc) is 2.42. The van der Waals surface area contributed by atoms with Crippen LogP contribution in [0, 0.1) is 24.0 Å². The molecule has 0 unspecified atom stereocenters. The van der Waals surface area contributed by atoms with Crippen molar-refractivity contribution in [2.24, 2.45) is 0 Å². The maximum atomic E-state index is 11.3. The third-order valence-electron chi connectivity index (χ3n) is 2.97. The molecule has 2 rings (SSSR count). The van der Waals surface area contributed by atoms with Crippen LogP contribution < -0.4 is 0 Å². The molecule has 0 spiro atoms. The molecular weight excluding hydrogens is 290 g/mol. The third-order valence-corrected chi connectivity index (χ3v) is 4.19. The number of nitrogens with zero attached hydrogens (tertiary/aromatic N) is 1. The van der Waals surface area contributed by atoms with E-state index in [1.165, 1.54) is 30.0 Å². The lowest BCUT2D eigenvalue weighted by Gasteiger charge is -2.09. The Balaban J connectivity index is 2.50. The summed E-state index contributed by atoms with van der Waals surface area (Å²) in [6.45, 7) is 3.86. The Morgan fingerprint density at radius 3 is 2.48 bits per heavy atom. The summed E-state index contributed by atoms with van der Waals surface area (Å²) in [7, 11) is 0. The Kier molecular flexibility index (Phi) is 4.28. The summed E-state index contributed by atoms with van der Waals surface area (Å²) in [4.78, 5) is 22.8. The largest absolute Gasteiger partial charge is 0.478 e. The third kappa shape index (κ3) is 3.41. The van der Waals surface area contributed by atoms with Crippen LogP contribution in [0.5, 0.6) is 0 Å². The van der Waals surface area contributed by atoms with Gasteiger partial charge in [-0.3, -0.25) is 10.1 Å². The van der Waals surface area contributed by atoms with Crippen LogP contribution in [0.1, 0.15) is 21.5 Å². The zero-order valence-corrected chi connectivity index (χ0v) is 12.3. The highest BCUT2D eigenvalue weighted by Gasteiger charge is 2.17. The molecule has 0 aliphatic heterocycles. The van der Waals surface area contributed by atoms with Crippen LogP contribution in [0.15, 0.2) is 46.2 Å². The van der Waals surface area contributed by atoms with E-state index in [1.54, 1.807) is 0 Å². The van der Waals surface area contributed by atoms with Gasteiger partial charge in [0.05, 0.1) is 10.5 Å². The topological polar surface area (TPSA) is 80.4 Å². The normalized spacial score (nSPS) is 10.4. The zero-order valence-electron chi connectivity index (χ0n) is 11.5. The van der Waals surface area contributed by atoms with Gasteiger partial charge in [-0.1, -0.05) is 23.9 Å². The van der Waals surface area contributed by atoms with Gasteiger partial charge in [-0.2, -0.15) is 0 Å². The SMILES string of the molecule is Cc1ccc(C)c(Sc2cc([N+](=O)[O-])ccc2C(=O)O)c1. The van der Waals surface area contributed by atoms with Crippen molar-refractivity contribution in [1.29, 1.82) is 0 Å². The lowest BCUT2D eigenvalue weighted by molar-refractivity contribution is -0.385. The van der Waals surface area contributed by atoms with Gasteiger partial charge in [0.15, 0.2) is 0 Å². The van der Waals surface area contributed by atoms with Gasteiger partial charge in [-0.05, 0) is 37.1 Å². The minimum Gasteiger partial charge on any atom is -0.478 e. The van der Waals surface area contributed by atoms with E-state index in [2.05, 4.69) is 0 Å². The number of non-ortho nitro benzene ring substituents is 1. The highest BCUT2D eigenvalue weighted by Crippen LogP contribution is 2.35. The van der Waals surface area contributed by atoms with Gasteiger partial charge in [-0.25, -0.2) is 4.79 Å². The Morgan fingerprint density at radius 2 is 1.86 bits per heavy atom. The molecule has 0 heterocycles. The first-order valence-corrected chi connectivity index (χ1v) is 6.97. The Morgan fingerprint density at radius 1 is 1.14 bits per heavy atom. The van der Waals surface area contributed by atoms with Crippen molar-refractivity contribution >= 4 is 23.4 Å². The Labute approximate surface area is 125 Å². The monoisotopic (exact) mass is 303 g/mol. The van der Waals surface area contributed by atoms with Crippen molar-refractivity contribution in [2.75, 3.05) is 0 Å². The molecule has 2 aromatic carbocycles. The lowest BCUT2D eigenvalue weighted by Crippen LogP contribution is -2.00. The highest BCUT2D eigenvalue weighted by molar-refractivity contribution is 7.99. The highest BCUT2D eigenvalue weighted by atomic mass is 32.2. The van der Waals surface area contributed by atoms with Crippen LogP contribution in [0.3, 0.4) is 0 Å². The Hall–Kier alpha value is -2.34. The number of hydrogen-bond donors (Lipinski definition) is 1. The van der Waals surface area contributed by atoms with Crippen LogP contribution in [-0.4, -0.2) is 16.0 Å². The van der Waals surface area contributed by atoms with Crippen LogP contribution in [-0.2, 0) is 0 Å². The van der Waals surface area contributed by atoms with Gasteiger partial charge >= 0.3 is 5.97 Å². The second-order valence-corrected chi connectivity index (χ2v) is 5.70.